The summed E-state index contributed by atoms with van der Waals surface area (Å²) in [4.78, 5) is 10.2. The van der Waals surface area contributed by atoms with Crippen molar-refractivity contribution in [3.8, 4) is 0 Å². The monoisotopic (exact) mass is 317 g/mol. The second-order valence-electron chi connectivity index (χ2n) is 5.10. The molecule has 1 fully saturated rings. The van der Waals surface area contributed by atoms with E-state index in [1.54, 1.807) is 6.92 Å². The van der Waals surface area contributed by atoms with Gasteiger partial charge in [-0.05, 0) is 37.5 Å². The Bertz CT molecular complexity index is 659. The first kappa shape index (κ1) is 15.9. The van der Waals surface area contributed by atoms with E-state index in [4.69, 9.17) is 5.11 Å². The molecule has 1 aromatic carbocycles. The summed E-state index contributed by atoms with van der Waals surface area (Å²) in [6.07, 6.45) is -0.169. The minimum atomic E-state index is -4.11. The van der Waals surface area contributed by atoms with E-state index in [2.05, 4.69) is 0 Å². The van der Waals surface area contributed by atoms with Crippen LogP contribution in [-0.4, -0.2) is 48.1 Å². The molecule has 0 bridgehead atoms. The maximum atomic E-state index is 13.8. The van der Waals surface area contributed by atoms with Gasteiger partial charge in [-0.1, -0.05) is 0 Å². The van der Waals surface area contributed by atoms with Crippen LogP contribution in [0.1, 0.15) is 23.7 Å². The van der Waals surface area contributed by atoms with Gasteiger partial charge in [-0.25, -0.2) is 17.6 Å². The molecule has 2 atom stereocenters. The fourth-order valence-corrected chi connectivity index (χ4v) is 3.94. The lowest BCUT2D eigenvalue weighted by Gasteiger charge is -2.18. The average molecular weight is 317 g/mol. The topological polar surface area (TPSA) is 94.9 Å². The second kappa shape index (κ2) is 5.70. The largest absolute Gasteiger partial charge is 0.478 e. The Kier molecular flexibility index (Phi) is 4.31. The molecule has 1 aromatic rings. The molecule has 116 valence electrons. The summed E-state index contributed by atoms with van der Waals surface area (Å²) in [5.74, 6) is -2.51. The van der Waals surface area contributed by atoms with E-state index in [1.165, 1.54) is 0 Å². The van der Waals surface area contributed by atoms with Crippen molar-refractivity contribution in [3.63, 3.8) is 0 Å². The summed E-state index contributed by atoms with van der Waals surface area (Å²) in [5.41, 5.74) is -0.291. The molecule has 8 heteroatoms. The number of halogens is 1. The van der Waals surface area contributed by atoms with Crippen LogP contribution < -0.4 is 0 Å². The number of aliphatic hydroxyl groups excluding tert-OH is 1. The number of hydrogen-bond donors (Lipinski definition) is 2. The van der Waals surface area contributed by atoms with Crippen LogP contribution in [0.4, 0.5) is 4.39 Å². The molecule has 1 saturated heterocycles. The molecule has 21 heavy (non-hydrogen) atoms. The van der Waals surface area contributed by atoms with Crippen LogP contribution in [0.2, 0.25) is 0 Å². The molecule has 0 spiro atoms. The zero-order valence-electron chi connectivity index (χ0n) is 11.4. The summed E-state index contributed by atoms with van der Waals surface area (Å²) < 4.78 is 39.7. The number of sulfonamides is 1. The maximum Gasteiger partial charge on any atom is 0.335 e. The fraction of sp³-hybridized carbons (Fsp3) is 0.462. The van der Waals surface area contributed by atoms with Gasteiger partial charge in [-0.3, -0.25) is 0 Å². The molecule has 2 N–H and O–H groups in total. The highest BCUT2D eigenvalue weighted by Crippen LogP contribution is 2.28. The average Bonchev–Trinajstić information content (AvgIpc) is 2.89. The molecule has 2 rings (SSSR count). The van der Waals surface area contributed by atoms with Gasteiger partial charge >= 0.3 is 5.97 Å². The third-order valence-electron chi connectivity index (χ3n) is 3.67. The lowest BCUT2D eigenvalue weighted by molar-refractivity contribution is 0.0696. The van der Waals surface area contributed by atoms with E-state index in [-0.39, 0.29) is 24.6 Å². The van der Waals surface area contributed by atoms with Gasteiger partial charge in [0.1, 0.15) is 10.7 Å². The zero-order valence-corrected chi connectivity index (χ0v) is 12.2. The molecule has 1 aliphatic rings. The van der Waals surface area contributed by atoms with E-state index >= 15 is 0 Å². The molecule has 0 radical (unpaired) electrons. The minimum Gasteiger partial charge on any atom is -0.478 e. The Morgan fingerprint density at radius 1 is 1.48 bits per heavy atom. The Balaban J connectivity index is 2.36. The zero-order chi connectivity index (χ0) is 15.8. The van der Waals surface area contributed by atoms with E-state index in [0.717, 1.165) is 22.5 Å². The molecule has 0 aromatic heterocycles. The first-order valence-corrected chi connectivity index (χ1v) is 7.88. The van der Waals surface area contributed by atoms with Gasteiger partial charge in [-0.15, -0.1) is 0 Å². The van der Waals surface area contributed by atoms with E-state index in [9.17, 15) is 22.7 Å². The molecular weight excluding hydrogens is 301 g/mol. The van der Waals surface area contributed by atoms with Crippen molar-refractivity contribution in [2.45, 2.75) is 24.3 Å². The van der Waals surface area contributed by atoms with Crippen LogP contribution in [0.25, 0.3) is 0 Å². The van der Waals surface area contributed by atoms with Crippen LogP contribution in [0.5, 0.6) is 0 Å². The summed E-state index contributed by atoms with van der Waals surface area (Å²) in [6.45, 7) is 1.85. The normalized spacial score (nSPS) is 21.4. The lowest BCUT2D eigenvalue weighted by Crippen LogP contribution is -2.31. The number of aliphatic hydroxyl groups is 1. The highest BCUT2D eigenvalue weighted by molar-refractivity contribution is 7.89. The van der Waals surface area contributed by atoms with Crippen molar-refractivity contribution in [1.82, 2.24) is 4.31 Å². The number of nitrogens with zero attached hydrogens (tertiary/aromatic N) is 1. The van der Waals surface area contributed by atoms with E-state index in [1.807, 2.05) is 0 Å². The molecule has 1 heterocycles. The molecule has 0 saturated carbocycles. The Hall–Kier alpha value is -1.51. The van der Waals surface area contributed by atoms with Crippen molar-refractivity contribution < 1.29 is 27.8 Å². The summed E-state index contributed by atoms with van der Waals surface area (Å²) >= 11 is 0. The molecule has 2 unspecified atom stereocenters. The summed E-state index contributed by atoms with van der Waals surface area (Å²) in [6, 6.07) is 2.67. The first-order chi connectivity index (χ1) is 9.73. The van der Waals surface area contributed by atoms with Gasteiger partial charge in [-0.2, -0.15) is 4.31 Å². The first-order valence-electron chi connectivity index (χ1n) is 6.44. The third-order valence-corrected chi connectivity index (χ3v) is 5.55. The summed E-state index contributed by atoms with van der Waals surface area (Å²) in [7, 11) is -4.11. The number of aromatic carboxylic acids is 1. The lowest BCUT2D eigenvalue weighted by atomic mass is 10.0. The Morgan fingerprint density at radius 3 is 2.67 bits per heavy atom. The number of benzene rings is 1. The van der Waals surface area contributed by atoms with Gasteiger partial charge in [0, 0.05) is 13.1 Å². The van der Waals surface area contributed by atoms with Crippen molar-refractivity contribution in [1.29, 1.82) is 0 Å². The summed E-state index contributed by atoms with van der Waals surface area (Å²) in [5, 5.41) is 18.4. The van der Waals surface area contributed by atoms with Crippen molar-refractivity contribution >= 4 is 16.0 Å². The predicted molar refractivity (Wildman–Crippen MR) is 71.9 cm³/mol. The van der Waals surface area contributed by atoms with E-state index < -0.39 is 32.8 Å². The quantitative estimate of drug-likeness (QED) is 0.861. The van der Waals surface area contributed by atoms with Gasteiger partial charge in [0.25, 0.3) is 0 Å². The molecule has 0 amide bonds. The van der Waals surface area contributed by atoms with Crippen LogP contribution in [-0.2, 0) is 10.0 Å². The SMILES string of the molecule is CC(O)C1CCN(S(=O)(=O)c2cc(C(=O)O)ccc2F)C1. The van der Waals surface area contributed by atoms with Crippen LogP contribution >= 0.6 is 0 Å². The molecular formula is C13H16FNO5S. The Labute approximate surface area is 121 Å². The maximum absolute atomic E-state index is 13.8. The molecule has 6 nitrogen and oxygen atoms in total. The van der Waals surface area contributed by atoms with Gasteiger partial charge in [0.2, 0.25) is 10.0 Å². The standard InChI is InChI=1S/C13H16FNO5S/c1-8(16)10-4-5-15(7-10)21(19,20)12-6-9(13(17)18)2-3-11(12)14/h2-3,6,8,10,16H,4-5,7H2,1H3,(H,17,18). The van der Waals surface area contributed by atoms with Crippen LogP contribution in [0.3, 0.4) is 0 Å². The highest BCUT2D eigenvalue weighted by Gasteiger charge is 2.36. The number of rotatable bonds is 4. The van der Waals surface area contributed by atoms with Gasteiger partial charge in [0.05, 0.1) is 11.7 Å². The van der Waals surface area contributed by atoms with E-state index in [0.29, 0.717) is 6.42 Å². The van der Waals surface area contributed by atoms with Gasteiger partial charge < -0.3 is 10.2 Å². The van der Waals surface area contributed by atoms with Crippen LogP contribution in [0, 0.1) is 11.7 Å². The molecule has 1 aliphatic heterocycles. The number of carboxylic acids is 1. The number of hydrogen-bond acceptors (Lipinski definition) is 4. The molecule has 0 aliphatic carbocycles. The predicted octanol–water partition coefficient (Wildman–Crippen LogP) is 0.915. The van der Waals surface area contributed by atoms with Crippen molar-refractivity contribution in [2.24, 2.45) is 5.92 Å². The van der Waals surface area contributed by atoms with Crippen LogP contribution in [0.15, 0.2) is 23.1 Å². The minimum absolute atomic E-state index is 0.0940. The third kappa shape index (κ3) is 3.07. The van der Waals surface area contributed by atoms with Crippen molar-refractivity contribution in [2.75, 3.05) is 13.1 Å². The highest BCUT2D eigenvalue weighted by atomic mass is 32.2. The van der Waals surface area contributed by atoms with Crippen molar-refractivity contribution in [3.05, 3.63) is 29.6 Å². The number of carboxylic acid groups (broad SMARTS) is 1. The van der Waals surface area contributed by atoms with Gasteiger partial charge in [0.15, 0.2) is 0 Å². The fourth-order valence-electron chi connectivity index (χ4n) is 2.34. The second-order valence-corrected chi connectivity index (χ2v) is 7.01. The smallest absolute Gasteiger partial charge is 0.335 e. The number of carbonyl (C=O) groups is 1. The Morgan fingerprint density at radius 2 is 2.14 bits per heavy atom.